The van der Waals surface area contributed by atoms with Crippen molar-refractivity contribution in [2.24, 2.45) is 46.3 Å². The standard InChI is InChI=1S/C24H40O3/c1-15(4-9-22(26)27)19-7-8-20-18-6-5-16-14-17(25)10-12-23(16,2)21(18)11-13-24(19,20)3/h15-21,25H,4-14H2,1-3H3,(H,26,27)/t15-,16+,17+,18+,19+,20+,21+,23-,24+/m0/s1. The van der Waals surface area contributed by atoms with Crippen LogP contribution >= 0.6 is 0 Å². The first-order valence-corrected chi connectivity index (χ1v) is 11.7. The molecule has 0 aromatic rings. The highest BCUT2D eigenvalue weighted by molar-refractivity contribution is 5.66. The second-order valence-corrected chi connectivity index (χ2v) is 11.2. The summed E-state index contributed by atoms with van der Waals surface area (Å²) in [5.41, 5.74) is 0.882. The molecular formula is C24H40O3. The molecule has 4 fully saturated rings. The van der Waals surface area contributed by atoms with E-state index in [9.17, 15) is 9.90 Å². The third-order valence-corrected chi connectivity index (χ3v) is 10.2. The van der Waals surface area contributed by atoms with E-state index in [4.69, 9.17) is 5.11 Å². The maximum absolute atomic E-state index is 11.0. The van der Waals surface area contributed by atoms with E-state index >= 15 is 0 Å². The van der Waals surface area contributed by atoms with Crippen molar-refractivity contribution < 1.29 is 15.0 Å². The van der Waals surface area contributed by atoms with Crippen LogP contribution in [0.2, 0.25) is 0 Å². The summed E-state index contributed by atoms with van der Waals surface area (Å²) in [6, 6.07) is 0. The first-order chi connectivity index (χ1) is 12.8. The Morgan fingerprint density at radius 3 is 2.44 bits per heavy atom. The van der Waals surface area contributed by atoms with Crippen LogP contribution in [0.3, 0.4) is 0 Å². The predicted molar refractivity (Wildman–Crippen MR) is 107 cm³/mol. The molecule has 0 bridgehead atoms. The number of carboxylic acid groups (broad SMARTS) is 1. The predicted octanol–water partition coefficient (Wildman–Crippen LogP) is 5.51. The molecule has 2 N–H and O–H groups in total. The van der Waals surface area contributed by atoms with E-state index in [1.165, 1.54) is 44.9 Å². The van der Waals surface area contributed by atoms with Crippen LogP contribution in [0.5, 0.6) is 0 Å². The Morgan fingerprint density at radius 1 is 1.00 bits per heavy atom. The summed E-state index contributed by atoms with van der Waals surface area (Å²) in [7, 11) is 0. The summed E-state index contributed by atoms with van der Waals surface area (Å²) in [6.07, 6.45) is 12.4. The molecule has 0 amide bonds. The third kappa shape index (κ3) is 3.16. The third-order valence-electron chi connectivity index (χ3n) is 10.2. The Kier molecular flexibility index (Phi) is 5.15. The van der Waals surface area contributed by atoms with Crippen LogP contribution in [-0.4, -0.2) is 22.3 Å². The van der Waals surface area contributed by atoms with Crippen molar-refractivity contribution in [1.82, 2.24) is 0 Å². The first-order valence-electron chi connectivity index (χ1n) is 11.7. The van der Waals surface area contributed by atoms with E-state index in [1.54, 1.807) is 0 Å². The molecule has 0 saturated heterocycles. The fraction of sp³-hybridized carbons (Fsp3) is 0.958. The largest absolute Gasteiger partial charge is 0.481 e. The van der Waals surface area contributed by atoms with Gasteiger partial charge in [0.15, 0.2) is 0 Å². The summed E-state index contributed by atoms with van der Waals surface area (Å²) in [5, 5.41) is 19.3. The molecule has 3 heteroatoms. The van der Waals surface area contributed by atoms with Gasteiger partial charge in [-0.3, -0.25) is 4.79 Å². The number of aliphatic carboxylic acids is 1. The molecule has 4 rings (SSSR count). The van der Waals surface area contributed by atoms with Crippen LogP contribution in [0.15, 0.2) is 0 Å². The van der Waals surface area contributed by atoms with Gasteiger partial charge in [0.1, 0.15) is 0 Å². The fourth-order valence-electron chi connectivity index (χ4n) is 8.76. The molecule has 0 unspecified atom stereocenters. The van der Waals surface area contributed by atoms with Crippen LogP contribution in [0.25, 0.3) is 0 Å². The van der Waals surface area contributed by atoms with Gasteiger partial charge >= 0.3 is 5.97 Å². The zero-order valence-corrected chi connectivity index (χ0v) is 17.6. The summed E-state index contributed by atoms with van der Waals surface area (Å²) in [5.74, 6) is 3.91. The van der Waals surface area contributed by atoms with Gasteiger partial charge in [-0.2, -0.15) is 0 Å². The van der Waals surface area contributed by atoms with Crippen molar-refractivity contribution in [3.05, 3.63) is 0 Å². The van der Waals surface area contributed by atoms with Gasteiger partial charge in [-0.1, -0.05) is 20.8 Å². The minimum absolute atomic E-state index is 0.0561. The smallest absolute Gasteiger partial charge is 0.303 e. The topological polar surface area (TPSA) is 57.5 Å². The molecule has 4 saturated carbocycles. The maximum atomic E-state index is 11.0. The molecule has 0 heterocycles. The molecule has 3 nitrogen and oxygen atoms in total. The van der Waals surface area contributed by atoms with Crippen molar-refractivity contribution in [1.29, 1.82) is 0 Å². The van der Waals surface area contributed by atoms with Crippen molar-refractivity contribution in [3.63, 3.8) is 0 Å². The molecule has 0 aromatic heterocycles. The molecule has 0 spiro atoms. The number of hydrogen-bond acceptors (Lipinski definition) is 2. The molecular weight excluding hydrogens is 336 g/mol. The van der Waals surface area contributed by atoms with Gasteiger partial charge in [-0.05, 0) is 111 Å². The Balaban J connectivity index is 1.51. The van der Waals surface area contributed by atoms with Gasteiger partial charge in [0, 0.05) is 6.42 Å². The molecule has 0 aromatic carbocycles. The van der Waals surface area contributed by atoms with E-state index in [2.05, 4.69) is 20.8 Å². The van der Waals surface area contributed by atoms with Gasteiger partial charge in [0.25, 0.3) is 0 Å². The molecule has 4 aliphatic carbocycles. The number of aliphatic hydroxyl groups is 1. The number of rotatable bonds is 4. The molecule has 154 valence electrons. The molecule has 0 radical (unpaired) electrons. The summed E-state index contributed by atoms with van der Waals surface area (Å²) < 4.78 is 0. The summed E-state index contributed by atoms with van der Waals surface area (Å²) in [6.45, 7) is 7.43. The highest BCUT2D eigenvalue weighted by Gasteiger charge is 2.60. The number of carbonyl (C=O) groups is 1. The van der Waals surface area contributed by atoms with Crippen molar-refractivity contribution >= 4 is 5.97 Å². The zero-order valence-electron chi connectivity index (χ0n) is 17.6. The van der Waals surface area contributed by atoms with Gasteiger partial charge in [0.05, 0.1) is 6.10 Å². The van der Waals surface area contributed by atoms with Gasteiger partial charge in [-0.15, -0.1) is 0 Å². The van der Waals surface area contributed by atoms with Crippen molar-refractivity contribution in [3.8, 4) is 0 Å². The average molecular weight is 377 g/mol. The van der Waals surface area contributed by atoms with Crippen LogP contribution in [-0.2, 0) is 4.79 Å². The minimum Gasteiger partial charge on any atom is -0.481 e. The average Bonchev–Trinajstić information content (AvgIpc) is 2.97. The lowest BCUT2D eigenvalue weighted by Crippen LogP contribution is -2.54. The van der Waals surface area contributed by atoms with Gasteiger partial charge in [0.2, 0.25) is 0 Å². The molecule has 4 aliphatic rings. The van der Waals surface area contributed by atoms with Crippen molar-refractivity contribution in [2.75, 3.05) is 0 Å². The molecule has 0 aliphatic heterocycles. The number of aliphatic hydroxyl groups excluding tert-OH is 1. The molecule has 27 heavy (non-hydrogen) atoms. The van der Waals surface area contributed by atoms with E-state index in [0.717, 1.165) is 42.9 Å². The number of hydrogen-bond donors (Lipinski definition) is 2. The van der Waals surface area contributed by atoms with E-state index < -0.39 is 5.97 Å². The highest BCUT2D eigenvalue weighted by atomic mass is 16.4. The van der Waals surface area contributed by atoms with Crippen LogP contribution in [0, 0.1) is 46.3 Å². The number of fused-ring (bicyclic) bond motifs is 5. The van der Waals surface area contributed by atoms with Gasteiger partial charge in [-0.25, -0.2) is 0 Å². The van der Waals surface area contributed by atoms with Crippen molar-refractivity contribution in [2.45, 2.75) is 97.5 Å². The second-order valence-electron chi connectivity index (χ2n) is 11.2. The SMILES string of the molecule is C[C@@H](CCC(=O)O)[C@H]1CC[C@@H]2[C@H]3CC[C@@H]4C[C@H](O)CC[C@]4(C)[C@@H]3CC[C@@]21C. The Bertz CT molecular complexity index is 574. The normalized spacial score (nSPS) is 50.4. The quantitative estimate of drug-likeness (QED) is 0.680. The lowest BCUT2D eigenvalue weighted by Gasteiger charge is -2.61. The minimum atomic E-state index is -0.643. The monoisotopic (exact) mass is 376 g/mol. The Hall–Kier alpha value is -0.570. The first kappa shape index (κ1) is 19.7. The number of carboxylic acids is 1. The van der Waals surface area contributed by atoms with Crippen LogP contribution in [0.4, 0.5) is 0 Å². The van der Waals surface area contributed by atoms with E-state index in [-0.39, 0.29) is 6.10 Å². The van der Waals surface area contributed by atoms with Crippen LogP contribution in [0.1, 0.15) is 91.4 Å². The Morgan fingerprint density at radius 2 is 1.70 bits per heavy atom. The van der Waals surface area contributed by atoms with E-state index in [0.29, 0.717) is 29.1 Å². The molecule has 9 atom stereocenters. The zero-order chi connectivity index (χ0) is 19.4. The summed E-state index contributed by atoms with van der Waals surface area (Å²) in [4.78, 5) is 11.0. The maximum Gasteiger partial charge on any atom is 0.303 e. The lowest BCUT2D eigenvalue weighted by atomic mass is 9.44. The fourth-order valence-corrected chi connectivity index (χ4v) is 8.76. The van der Waals surface area contributed by atoms with E-state index in [1.807, 2.05) is 0 Å². The summed E-state index contributed by atoms with van der Waals surface area (Å²) >= 11 is 0. The Labute approximate surface area is 165 Å². The second kappa shape index (κ2) is 7.04. The lowest BCUT2D eigenvalue weighted by molar-refractivity contribution is -0.138. The van der Waals surface area contributed by atoms with Crippen LogP contribution < -0.4 is 0 Å². The highest BCUT2D eigenvalue weighted by Crippen LogP contribution is 2.68. The van der Waals surface area contributed by atoms with Gasteiger partial charge < -0.3 is 10.2 Å².